The zero-order valence-electron chi connectivity index (χ0n) is 19.7. The quantitative estimate of drug-likeness (QED) is 0.412. The summed E-state index contributed by atoms with van der Waals surface area (Å²) in [6.07, 6.45) is 0. The van der Waals surface area contributed by atoms with Crippen LogP contribution in [0.25, 0.3) is 11.3 Å². The molecule has 0 radical (unpaired) electrons. The second-order valence-corrected chi connectivity index (χ2v) is 8.58. The normalized spacial score (nSPS) is 15.0. The van der Waals surface area contributed by atoms with Gasteiger partial charge in [-0.25, -0.2) is 4.79 Å². The fraction of sp³-hybridized carbons (Fsp3) is 0.185. The van der Waals surface area contributed by atoms with Crippen LogP contribution in [0.4, 0.5) is 11.4 Å². The summed E-state index contributed by atoms with van der Waals surface area (Å²) in [6.45, 7) is 0.986. The van der Waals surface area contributed by atoms with Gasteiger partial charge in [-0.05, 0) is 62.1 Å². The lowest BCUT2D eigenvalue weighted by Crippen LogP contribution is -2.11. The molecule has 35 heavy (non-hydrogen) atoms. The second-order valence-electron chi connectivity index (χ2n) is 8.58. The molecule has 0 bridgehead atoms. The lowest BCUT2D eigenvalue weighted by Gasteiger charge is -2.16. The van der Waals surface area contributed by atoms with Gasteiger partial charge in [0, 0.05) is 23.4 Å². The molecule has 0 aliphatic carbocycles. The van der Waals surface area contributed by atoms with E-state index < -0.39 is 5.97 Å². The van der Waals surface area contributed by atoms with Crippen LogP contribution in [0.3, 0.4) is 0 Å². The molecule has 0 atom stereocenters. The lowest BCUT2D eigenvalue weighted by atomic mass is 9.98. The summed E-state index contributed by atoms with van der Waals surface area (Å²) in [6, 6.07) is 18.7. The van der Waals surface area contributed by atoms with Gasteiger partial charge in [0.15, 0.2) is 11.5 Å². The van der Waals surface area contributed by atoms with E-state index in [4.69, 9.17) is 14.2 Å². The standard InChI is InChI=1S/C27H25N3O5/c1-30(2)14-16-4-8-19(9-5-16)28-25(17-7-11-22-23(13-17)35-15-34-22)24-20-10-6-18(27(32)33-3)12-21(20)29-26(24)31/h4-13,28H,14-15H2,1-3H3,(H,29,31). The smallest absolute Gasteiger partial charge is 0.337 e. The minimum Gasteiger partial charge on any atom is -0.465 e. The van der Waals surface area contributed by atoms with Crippen LogP contribution in [0, 0.1) is 0 Å². The number of carbonyl (C=O) groups excluding carboxylic acids is 2. The van der Waals surface area contributed by atoms with Crippen LogP contribution >= 0.6 is 0 Å². The van der Waals surface area contributed by atoms with Crippen molar-refractivity contribution in [2.45, 2.75) is 6.54 Å². The molecule has 0 fully saturated rings. The Morgan fingerprint density at radius 3 is 2.49 bits per heavy atom. The number of anilines is 2. The number of rotatable bonds is 6. The van der Waals surface area contributed by atoms with Crippen molar-refractivity contribution in [3.05, 3.63) is 82.9 Å². The molecule has 5 rings (SSSR count). The van der Waals surface area contributed by atoms with Crippen LogP contribution in [0.15, 0.2) is 60.7 Å². The number of hydrogen-bond acceptors (Lipinski definition) is 7. The predicted molar refractivity (Wildman–Crippen MR) is 133 cm³/mol. The number of esters is 1. The molecule has 2 aliphatic rings. The van der Waals surface area contributed by atoms with Gasteiger partial charge in [-0.2, -0.15) is 0 Å². The van der Waals surface area contributed by atoms with E-state index in [9.17, 15) is 9.59 Å². The summed E-state index contributed by atoms with van der Waals surface area (Å²) in [4.78, 5) is 27.3. The number of amides is 1. The number of ether oxygens (including phenoxy) is 3. The molecular formula is C27H25N3O5. The molecule has 8 heteroatoms. The highest BCUT2D eigenvalue weighted by atomic mass is 16.7. The number of nitrogens with one attached hydrogen (secondary N) is 2. The largest absolute Gasteiger partial charge is 0.465 e. The Morgan fingerprint density at radius 1 is 1.00 bits per heavy atom. The Balaban J connectivity index is 1.60. The Morgan fingerprint density at radius 2 is 1.74 bits per heavy atom. The van der Waals surface area contributed by atoms with E-state index in [1.807, 2.05) is 44.4 Å². The van der Waals surface area contributed by atoms with Crippen LogP contribution in [0.5, 0.6) is 11.5 Å². The third-order valence-corrected chi connectivity index (χ3v) is 5.82. The molecule has 0 unspecified atom stereocenters. The Kier molecular flexibility index (Phi) is 5.88. The van der Waals surface area contributed by atoms with E-state index in [1.54, 1.807) is 18.2 Å². The third kappa shape index (κ3) is 4.43. The number of hydrogen-bond donors (Lipinski definition) is 2. The van der Waals surface area contributed by atoms with E-state index in [1.165, 1.54) is 12.7 Å². The molecule has 0 saturated heterocycles. The van der Waals surface area contributed by atoms with Crippen molar-refractivity contribution in [3.63, 3.8) is 0 Å². The fourth-order valence-electron chi connectivity index (χ4n) is 4.20. The zero-order chi connectivity index (χ0) is 24.5. The van der Waals surface area contributed by atoms with Crippen molar-refractivity contribution in [2.24, 2.45) is 0 Å². The predicted octanol–water partition coefficient (Wildman–Crippen LogP) is 4.20. The summed E-state index contributed by atoms with van der Waals surface area (Å²) in [5.41, 5.74) is 5.46. The van der Waals surface area contributed by atoms with Crippen molar-refractivity contribution in [2.75, 3.05) is 38.6 Å². The van der Waals surface area contributed by atoms with E-state index in [0.29, 0.717) is 39.6 Å². The highest BCUT2D eigenvalue weighted by molar-refractivity contribution is 6.37. The number of methoxy groups -OCH3 is 1. The van der Waals surface area contributed by atoms with Gasteiger partial charge in [-0.1, -0.05) is 18.2 Å². The van der Waals surface area contributed by atoms with E-state index in [0.717, 1.165) is 17.8 Å². The maximum Gasteiger partial charge on any atom is 0.337 e. The van der Waals surface area contributed by atoms with Gasteiger partial charge in [0.25, 0.3) is 5.91 Å². The molecule has 0 spiro atoms. The van der Waals surface area contributed by atoms with Crippen molar-refractivity contribution in [1.29, 1.82) is 0 Å². The molecule has 178 valence electrons. The first kappa shape index (κ1) is 22.5. The maximum absolute atomic E-state index is 13.2. The van der Waals surface area contributed by atoms with E-state index in [-0.39, 0.29) is 12.7 Å². The van der Waals surface area contributed by atoms with Crippen LogP contribution < -0.4 is 20.1 Å². The average Bonchev–Trinajstić information content (AvgIpc) is 3.45. The van der Waals surface area contributed by atoms with Gasteiger partial charge in [0.1, 0.15) is 0 Å². The monoisotopic (exact) mass is 471 g/mol. The van der Waals surface area contributed by atoms with Gasteiger partial charge in [-0.3, -0.25) is 4.79 Å². The summed E-state index contributed by atoms with van der Waals surface area (Å²) in [7, 11) is 5.37. The third-order valence-electron chi connectivity index (χ3n) is 5.82. The number of carbonyl (C=O) groups is 2. The van der Waals surface area contributed by atoms with Crippen LogP contribution in [0.1, 0.15) is 27.0 Å². The van der Waals surface area contributed by atoms with Crippen molar-refractivity contribution in [3.8, 4) is 11.5 Å². The first-order valence-corrected chi connectivity index (χ1v) is 11.1. The van der Waals surface area contributed by atoms with E-state index >= 15 is 0 Å². The van der Waals surface area contributed by atoms with Crippen molar-refractivity contribution in [1.82, 2.24) is 4.90 Å². The molecule has 2 heterocycles. The Labute approximate surface area is 203 Å². The van der Waals surface area contributed by atoms with Gasteiger partial charge in [0.05, 0.1) is 29.6 Å². The molecule has 1 amide bonds. The number of fused-ring (bicyclic) bond motifs is 2. The van der Waals surface area contributed by atoms with Crippen molar-refractivity contribution >= 4 is 34.5 Å². The molecule has 8 nitrogen and oxygen atoms in total. The minimum atomic E-state index is -0.466. The first-order chi connectivity index (χ1) is 16.9. The summed E-state index contributed by atoms with van der Waals surface area (Å²) >= 11 is 0. The maximum atomic E-state index is 13.2. The molecule has 3 aromatic rings. The van der Waals surface area contributed by atoms with Crippen LogP contribution in [-0.2, 0) is 16.1 Å². The number of benzene rings is 3. The summed E-state index contributed by atoms with van der Waals surface area (Å²) in [5, 5.41) is 6.33. The van der Waals surface area contributed by atoms with Crippen LogP contribution in [0.2, 0.25) is 0 Å². The highest BCUT2D eigenvalue weighted by Crippen LogP contribution is 2.41. The number of nitrogens with zero attached hydrogens (tertiary/aromatic N) is 1. The molecule has 2 N–H and O–H groups in total. The van der Waals surface area contributed by atoms with E-state index in [2.05, 4.69) is 27.7 Å². The molecular weight excluding hydrogens is 446 g/mol. The first-order valence-electron chi connectivity index (χ1n) is 11.1. The van der Waals surface area contributed by atoms with Gasteiger partial charge in [-0.15, -0.1) is 0 Å². The lowest BCUT2D eigenvalue weighted by molar-refractivity contribution is -0.110. The zero-order valence-corrected chi connectivity index (χ0v) is 19.7. The van der Waals surface area contributed by atoms with Crippen LogP contribution in [-0.4, -0.2) is 44.8 Å². The second kappa shape index (κ2) is 9.15. The summed E-state index contributed by atoms with van der Waals surface area (Å²) < 4.78 is 15.9. The Bertz CT molecular complexity index is 1350. The fourth-order valence-corrected chi connectivity index (χ4v) is 4.20. The minimum absolute atomic E-state index is 0.158. The highest BCUT2D eigenvalue weighted by Gasteiger charge is 2.30. The topological polar surface area (TPSA) is 89.1 Å². The van der Waals surface area contributed by atoms with Gasteiger partial charge >= 0.3 is 5.97 Å². The summed E-state index contributed by atoms with van der Waals surface area (Å²) in [5.74, 6) is 0.534. The van der Waals surface area contributed by atoms with Gasteiger partial charge < -0.3 is 29.7 Å². The molecule has 0 aromatic heterocycles. The average molecular weight is 472 g/mol. The molecule has 3 aromatic carbocycles. The van der Waals surface area contributed by atoms with Gasteiger partial charge in [0.2, 0.25) is 6.79 Å². The molecule has 0 saturated carbocycles. The SMILES string of the molecule is COC(=O)c1ccc2c(c1)NC(=O)C2=C(Nc1ccc(CN(C)C)cc1)c1ccc2c(c1)OCO2. The molecule has 2 aliphatic heterocycles. The Hall–Kier alpha value is -4.30. The van der Waals surface area contributed by atoms with Crippen molar-refractivity contribution < 1.29 is 23.8 Å².